The minimum absolute atomic E-state index is 0.0480. The molecule has 1 aromatic heterocycles. The van der Waals surface area contributed by atoms with Crippen LogP contribution in [-0.4, -0.2) is 22.1 Å². The number of H-pyrrole nitrogens is 1. The first-order chi connectivity index (χ1) is 6.09. The average Bonchev–Trinajstić information content (AvgIpc) is 2.03. The summed E-state index contributed by atoms with van der Waals surface area (Å²) in [6.45, 7) is 3.69. The summed E-state index contributed by atoms with van der Waals surface area (Å²) in [6, 6.07) is 1.26. The van der Waals surface area contributed by atoms with Crippen molar-refractivity contribution in [2.24, 2.45) is 0 Å². The third-order valence-electron chi connectivity index (χ3n) is 1.35. The van der Waals surface area contributed by atoms with Crippen LogP contribution in [0.4, 0.5) is 0 Å². The normalized spacial score (nSPS) is 10.1. The van der Waals surface area contributed by atoms with E-state index in [9.17, 15) is 9.59 Å². The fourth-order valence-corrected chi connectivity index (χ4v) is 0.846. The Balaban J connectivity index is 2.83. The molecule has 0 unspecified atom stereocenters. The quantitative estimate of drug-likeness (QED) is 0.669. The average molecular weight is 181 g/mol. The van der Waals surface area contributed by atoms with E-state index in [2.05, 4.69) is 15.5 Å². The lowest BCUT2D eigenvalue weighted by atomic mass is 10.2. The molecule has 0 saturated carbocycles. The Morgan fingerprint density at radius 3 is 2.85 bits per heavy atom. The molecule has 0 bridgehead atoms. The summed E-state index contributed by atoms with van der Waals surface area (Å²) < 4.78 is 0. The molecule has 1 heterocycles. The van der Waals surface area contributed by atoms with E-state index in [0.717, 1.165) is 0 Å². The number of hydrogen-bond donors (Lipinski definition) is 2. The Hall–Kier alpha value is -1.65. The highest BCUT2D eigenvalue weighted by molar-refractivity contribution is 5.93. The Morgan fingerprint density at radius 2 is 2.31 bits per heavy atom. The molecular formula is C8H11N3O2. The standard InChI is InChI=1S/C8H11N3O2/c1-5(2)10-8(13)6-3-7(12)11-9-4-6/h3-5H,1-2H3,(H,10,13)(H,11,12). The number of carbonyl (C=O) groups excluding carboxylic acids is 1. The molecule has 0 atom stereocenters. The van der Waals surface area contributed by atoms with E-state index < -0.39 is 0 Å². The number of aromatic nitrogens is 2. The molecule has 0 spiro atoms. The van der Waals surface area contributed by atoms with Crippen molar-refractivity contribution in [3.05, 3.63) is 28.2 Å². The maximum Gasteiger partial charge on any atom is 0.264 e. The largest absolute Gasteiger partial charge is 0.350 e. The molecule has 0 aliphatic carbocycles. The second-order valence-corrected chi connectivity index (χ2v) is 2.96. The Labute approximate surface area is 75.2 Å². The molecule has 0 radical (unpaired) electrons. The number of rotatable bonds is 2. The van der Waals surface area contributed by atoms with Crippen molar-refractivity contribution in [2.75, 3.05) is 0 Å². The summed E-state index contributed by atoms with van der Waals surface area (Å²) in [4.78, 5) is 22.1. The fraction of sp³-hybridized carbons (Fsp3) is 0.375. The van der Waals surface area contributed by atoms with Crippen molar-refractivity contribution < 1.29 is 4.79 Å². The molecule has 1 amide bonds. The molecule has 1 aromatic rings. The summed E-state index contributed by atoms with van der Waals surface area (Å²) in [5, 5.41) is 8.36. The van der Waals surface area contributed by atoms with Gasteiger partial charge in [0, 0.05) is 12.1 Å². The zero-order valence-electron chi connectivity index (χ0n) is 7.50. The monoisotopic (exact) mass is 181 g/mol. The lowest BCUT2D eigenvalue weighted by molar-refractivity contribution is 0.0942. The van der Waals surface area contributed by atoms with E-state index in [1.54, 1.807) is 0 Å². The van der Waals surface area contributed by atoms with Gasteiger partial charge in [-0.05, 0) is 13.8 Å². The van der Waals surface area contributed by atoms with Crippen LogP contribution in [0.2, 0.25) is 0 Å². The third-order valence-corrected chi connectivity index (χ3v) is 1.35. The predicted molar refractivity (Wildman–Crippen MR) is 47.5 cm³/mol. The van der Waals surface area contributed by atoms with E-state index in [1.807, 2.05) is 13.8 Å². The topological polar surface area (TPSA) is 74.8 Å². The van der Waals surface area contributed by atoms with Gasteiger partial charge in [0.05, 0.1) is 11.8 Å². The van der Waals surface area contributed by atoms with Gasteiger partial charge in [-0.1, -0.05) is 0 Å². The lowest BCUT2D eigenvalue weighted by Crippen LogP contribution is -2.31. The molecule has 0 saturated heterocycles. The van der Waals surface area contributed by atoms with Gasteiger partial charge in [-0.3, -0.25) is 9.59 Å². The van der Waals surface area contributed by atoms with Crippen molar-refractivity contribution in [3.63, 3.8) is 0 Å². The maximum absolute atomic E-state index is 11.3. The van der Waals surface area contributed by atoms with Crippen LogP contribution in [-0.2, 0) is 0 Å². The van der Waals surface area contributed by atoms with Crippen molar-refractivity contribution in [1.82, 2.24) is 15.5 Å². The summed E-state index contributed by atoms with van der Waals surface area (Å²) >= 11 is 0. The van der Waals surface area contributed by atoms with Gasteiger partial charge >= 0.3 is 0 Å². The first-order valence-corrected chi connectivity index (χ1v) is 3.95. The minimum atomic E-state index is -0.378. The number of hydrogen-bond acceptors (Lipinski definition) is 3. The number of amides is 1. The number of carbonyl (C=O) groups is 1. The van der Waals surface area contributed by atoms with Gasteiger partial charge in [0.1, 0.15) is 0 Å². The summed E-state index contributed by atoms with van der Waals surface area (Å²) in [6.07, 6.45) is 1.32. The Kier molecular flexibility index (Phi) is 2.79. The van der Waals surface area contributed by atoms with Crippen LogP contribution in [0.1, 0.15) is 24.2 Å². The molecular weight excluding hydrogens is 170 g/mol. The van der Waals surface area contributed by atoms with Crippen LogP contribution < -0.4 is 10.9 Å². The first kappa shape index (κ1) is 9.44. The van der Waals surface area contributed by atoms with Gasteiger partial charge < -0.3 is 5.32 Å². The minimum Gasteiger partial charge on any atom is -0.350 e. The molecule has 0 aromatic carbocycles. The van der Waals surface area contributed by atoms with Crippen LogP contribution in [0, 0.1) is 0 Å². The van der Waals surface area contributed by atoms with Gasteiger partial charge in [0.25, 0.3) is 11.5 Å². The van der Waals surface area contributed by atoms with E-state index in [0.29, 0.717) is 0 Å². The molecule has 2 N–H and O–H groups in total. The highest BCUT2D eigenvalue weighted by Gasteiger charge is 2.06. The molecule has 13 heavy (non-hydrogen) atoms. The van der Waals surface area contributed by atoms with E-state index in [-0.39, 0.29) is 23.1 Å². The van der Waals surface area contributed by atoms with Gasteiger partial charge in [-0.25, -0.2) is 5.10 Å². The number of nitrogens with zero attached hydrogens (tertiary/aromatic N) is 1. The van der Waals surface area contributed by atoms with E-state index in [1.165, 1.54) is 12.3 Å². The maximum atomic E-state index is 11.3. The second kappa shape index (κ2) is 3.84. The number of nitrogens with one attached hydrogen (secondary N) is 2. The SMILES string of the molecule is CC(C)NC(=O)c1cn[nH]c(=O)c1. The van der Waals surface area contributed by atoms with Crippen molar-refractivity contribution in [3.8, 4) is 0 Å². The van der Waals surface area contributed by atoms with Crippen LogP contribution in [0.3, 0.4) is 0 Å². The van der Waals surface area contributed by atoms with Crippen molar-refractivity contribution in [1.29, 1.82) is 0 Å². The predicted octanol–water partition coefficient (Wildman–Crippen LogP) is -0.0919. The molecule has 0 fully saturated rings. The molecule has 5 nitrogen and oxygen atoms in total. The van der Waals surface area contributed by atoms with Gasteiger partial charge in [0.15, 0.2) is 0 Å². The van der Waals surface area contributed by atoms with Crippen molar-refractivity contribution >= 4 is 5.91 Å². The lowest BCUT2D eigenvalue weighted by Gasteiger charge is -2.06. The van der Waals surface area contributed by atoms with Crippen LogP contribution in [0.25, 0.3) is 0 Å². The molecule has 5 heteroatoms. The van der Waals surface area contributed by atoms with E-state index >= 15 is 0 Å². The Bertz CT molecular complexity index is 356. The summed E-state index contributed by atoms with van der Waals surface area (Å²) in [5.41, 5.74) is -0.103. The highest BCUT2D eigenvalue weighted by Crippen LogP contribution is 1.91. The molecule has 1 rings (SSSR count). The zero-order valence-corrected chi connectivity index (χ0v) is 7.50. The molecule has 0 aliphatic rings. The van der Waals surface area contributed by atoms with Gasteiger partial charge in [0.2, 0.25) is 0 Å². The molecule has 0 aliphatic heterocycles. The third kappa shape index (κ3) is 2.70. The molecule has 70 valence electrons. The van der Waals surface area contributed by atoms with Gasteiger partial charge in [-0.2, -0.15) is 5.10 Å². The first-order valence-electron chi connectivity index (χ1n) is 3.95. The summed E-state index contributed by atoms with van der Waals surface area (Å²) in [5.74, 6) is -0.284. The summed E-state index contributed by atoms with van der Waals surface area (Å²) in [7, 11) is 0. The highest BCUT2D eigenvalue weighted by atomic mass is 16.2. The number of aromatic amines is 1. The zero-order chi connectivity index (χ0) is 9.84. The van der Waals surface area contributed by atoms with Gasteiger partial charge in [-0.15, -0.1) is 0 Å². The fourth-order valence-electron chi connectivity index (χ4n) is 0.846. The van der Waals surface area contributed by atoms with E-state index in [4.69, 9.17) is 0 Å². The Morgan fingerprint density at radius 1 is 1.62 bits per heavy atom. The smallest absolute Gasteiger partial charge is 0.264 e. The second-order valence-electron chi connectivity index (χ2n) is 2.96. The van der Waals surface area contributed by atoms with Crippen LogP contribution in [0.5, 0.6) is 0 Å². The van der Waals surface area contributed by atoms with Crippen LogP contribution >= 0.6 is 0 Å². The van der Waals surface area contributed by atoms with Crippen LogP contribution in [0.15, 0.2) is 17.1 Å². The van der Waals surface area contributed by atoms with Crippen molar-refractivity contribution in [2.45, 2.75) is 19.9 Å².